The third-order valence-corrected chi connectivity index (χ3v) is 3.47. The van der Waals surface area contributed by atoms with Gasteiger partial charge in [0.25, 0.3) is 0 Å². The molecule has 1 atom stereocenters. The number of hydrogen-bond acceptors (Lipinski definition) is 3. The fraction of sp³-hybridized carbons (Fsp3) is 0.200. The van der Waals surface area contributed by atoms with Crippen LogP contribution in [0.15, 0.2) is 42.5 Å². The van der Waals surface area contributed by atoms with Crippen molar-refractivity contribution in [1.29, 1.82) is 0 Å². The van der Waals surface area contributed by atoms with E-state index >= 15 is 0 Å². The van der Waals surface area contributed by atoms with Crippen molar-refractivity contribution in [1.82, 2.24) is 5.43 Å². The lowest BCUT2D eigenvalue weighted by atomic mass is 9.98. The van der Waals surface area contributed by atoms with Crippen molar-refractivity contribution >= 4 is 11.6 Å². The molecule has 2 aromatic rings. The number of rotatable bonds is 5. The van der Waals surface area contributed by atoms with Crippen LogP contribution in [0, 0.1) is 5.82 Å². The van der Waals surface area contributed by atoms with Crippen LogP contribution in [0.2, 0.25) is 5.02 Å². The molecule has 0 aliphatic rings. The third kappa shape index (κ3) is 3.28. The largest absolute Gasteiger partial charge is 0.496 e. The van der Waals surface area contributed by atoms with Gasteiger partial charge in [-0.15, -0.1) is 0 Å². The van der Waals surface area contributed by atoms with E-state index in [1.807, 2.05) is 24.3 Å². The zero-order valence-electron chi connectivity index (χ0n) is 11.1. The van der Waals surface area contributed by atoms with Gasteiger partial charge >= 0.3 is 0 Å². The summed E-state index contributed by atoms with van der Waals surface area (Å²) in [6.45, 7) is 0. The van der Waals surface area contributed by atoms with E-state index in [0.717, 1.165) is 16.9 Å². The first kappa shape index (κ1) is 14.8. The molecule has 3 nitrogen and oxygen atoms in total. The van der Waals surface area contributed by atoms with Crippen molar-refractivity contribution in [3.63, 3.8) is 0 Å². The minimum absolute atomic E-state index is 0.0989. The molecule has 20 heavy (non-hydrogen) atoms. The summed E-state index contributed by atoms with van der Waals surface area (Å²) in [5.74, 6) is 5.91. The topological polar surface area (TPSA) is 47.3 Å². The Bertz CT molecular complexity index is 592. The van der Waals surface area contributed by atoms with Crippen molar-refractivity contribution in [2.24, 2.45) is 5.84 Å². The van der Waals surface area contributed by atoms with E-state index in [9.17, 15) is 4.39 Å². The zero-order chi connectivity index (χ0) is 14.5. The normalized spacial score (nSPS) is 12.2. The summed E-state index contributed by atoms with van der Waals surface area (Å²) in [4.78, 5) is 0. The van der Waals surface area contributed by atoms with Crippen molar-refractivity contribution in [3.8, 4) is 5.75 Å². The number of nitrogens with one attached hydrogen (secondary N) is 1. The highest BCUT2D eigenvalue weighted by Gasteiger charge is 2.14. The molecule has 0 aliphatic heterocycles. The summed E-state index contributed by atoms with van der Waals surface area (Å²) in [6, 6.07) is 12.1. The molecule has 1 unspecified atom stereocenters. The zero-order valence-corrected chi connectivity index (χ0v) is 11.8. The van der Waals surface area contributed by atoms with Crippen LogP contribution in [0.1, 0.15) is 17.2 Å². The molecule has 0 radical (unpaired) electrons. The van der Waals surface area contributed by atoms with E-state index in [0.29, 0.717) is 6.42 Å². The van der Waals surface area contributed by atoms with Gasteiger partial charge in [0, 0.05) is 0 Å². The number of methoxy groups -OCH3 is 1. The molecule has 0 saturated carbocycles. The molecule has 0 aliphatic carbocycles. The van der Waals surface area contributed by atoms with Crippen LogP contribution < -0.4 is 16.0 Å². The molecular weight excluding hydrogens is 279 g/mol. The summed E-state index contributed by atoms with van der Waals surface area (Å²) >= 11 is 5.69. The number of halogens is 2. The van der Waals surface area contributed by atoms with E-state index in [2.05, 4.69) is 5.43 Å². The molecule has 0 bridgehead atoms. The minimum Gasteiger partial charge on any atom is -0.496 e. The highest BCUT2D eigenvalue weighted by Crippen LogP contribution is 2.26. The van der Waals surface area contributed by atoms with Gasteiger partial charge in [0.15, 0.2) is 0 Å². The lowest BCUT2D eigenvalue weighted by Gasteiger charge is -2.18. The smallest absolute Gasteiger partial charge is 0.142 e. The average molecular weight is 295 g/mol. The van der Waals surface area contributed by atoms with Gasteiger partial charge in [0.05, 0.1) is 18.2 Å². The Morgan fingerprint density at radius 1 is 1.30 bits per heavy atom. The van der Waals surface area contributed by atoms with E-state index in [-0.39, 0.29) is 11.1 Å². The molecule has 106 valence electrons. The molecule has 3 N–H and O–H groups in total. The van der Waals surface area contributed by atoms with Crippen molar-refractivity contribution in [3.05, 3.63) is 64.4 Å². The van der Waals surface area contributed by atoms with Gasteiger partial charge in [-0.3, -0.25) is 11.3 Å². The predicted octanol–water partition coefficient (Wildman–Crippen LogP) is 3.23. The Morgan fingerprint density at radius 2 is 2.05 bits per heavy atom. The number of ether oxygens (including phenoxy) is 1. The van der Waals surface area contributed by atoms with Crippen LogP contribution in [0.5, 0.6) is 5.75 Å². The maximum Gasteiger partial charge on any atom is 0.142 e. The summed E-state index contributed by atoms with van der Waals surface area (Å²) in [7, 11) is 1.62. The van der Waals surface area contributed by atoms with Gasteiger partial charge in [0.2, 0.25) is 0 Å². The maximum atomic E-state index is 13.5. The van der Waals surface area contributed by atoms with Crippen LogP contribution in [-0.2, 0) is 6.42 Å². The Labute approximate surface area is 122 Å². The first-order valence-electron chi connectivity index (χ1n) is 6.18. The fourth-order valence-electron chi connectivity index (χ4n) is 2.09. The Morgan fingerprint density at radius 3 is 2.70 bits per heavy atom. The second-order valence-corrected chi connectivity index (χ2v) is 4.82. The summed E-state index contributed by atoms with van der Waals surface area (Å²) in [5.41, 5.74) is 4.43. The number of nitrogens with two attached hydrogens (primary N) is 1. The number of para-hydroxylation sites is 1. The maximum absolute atomic E-state index is 13.5. The summed E-state index contributed by atoms with van der Waals surface area (Å²) in [5, 5.41) is 0.0989. The van der Waals surface area contributed by atoms with E-state index in [4.69, 9.17) is 22.2 Å². The van der Waals surface area contributed by atoms with Crippen molar-refractivity contribution < 1.29 is 9.13 Å². The molecule has 5 heteroatoms. The Kier molecular flexibility index (Phi) is 4.95. The van der Waals surface area contributed by atoms with E-state index < -0.39 is 5.82 Å². The molecule has 0 spiro atoms. The quantitative estimate of drug-likeness (QED) is 0.657. The van der Waals surface area contributed by atoms with Crippen LogP contribution >= 0.6 is 11.6 Å². The second kappa shape index (κ2) is 6.70. The molecule has 0 amide bonds. The second-order valence-electron chi connectivity index (χ2n) is 4.41. The number of benzene rings is 2. The van der Waals surface area contributed by atoms with Gasteiger partial charge in [-0.1, -0.05) is 35.9 Å². The molecule has 0 fully saturated rings. The standard InChI is InChI=1S/C15H16ClFN2O/c1-20-15-5-3-2-4-11(15)9-14(19-18)10-6-7-12(16)13(17)8-10/h2-8,14,19H,9,18H2,1H3. The van der Waals surface area contributed by atoms with Crippen molar-refractivity contribution in [2.75, 3.05) is 7.11 Å². The first-order chi connectivity index (χ1) is 9.65. The van der Waals surface area contributed by atoms with Gasteiger partial charge in [-0.05, 0) is 35.7 Å². The van der Waals surface area contributed by atoms with E-state index in [1.54, 1.807) is 13.2 Å². The lowest BCUT2D eigenvalue weighted by Crippen LogP contribution is -2.29. The van der Waals surface area contributed by atoms with Crippen LogP contribution in [0.3, 0.4) is 0 Å². The van der Waals surface area contributed by atoms with Gasteiger partial charge in [0.1, 0.15) is 11.6 Å². The molecular formula is C15H16ClFN2O. The summed E-state index contributed by atoms with van der Waals surface area (Å²) in [6.07, 6.45) is 0.585. The third-order valence-electron chi connectivity index (χ3n) is 3.16. The van der Waals surface area contributed by atoms with Crippen LogP contribution in [0.4, 0.5) is 4.39 Å². The Hall–Kier alpha value is -1.62. The van der Waals surface area contributed by atoms with Gasteiger partial charge < -0.3 is 4.74 Å². The molecule has 0 heterocycles. The first-order valence-corrected chi connectivity index (χ1v) is 6.56. The van der Waals surface area contributed by atoms with Crippen LogP contribution in [0.25, 0.3) is 0 Å². The highest BCUT2D eigenvalue weighted by atomic mass is 35.5. The minimum atomic E-state index is -0.454. The molecule has 2 aromatic carbocycles. The molecule has 0 saturated heterocycles. The average Bonchev–Trinajstić information content (AvgIpc) is 2.48. The summed E-state index contributed by atoms with van der Waals surface area (Å²) < 4.78 is 18.8. The SMILES string of the molecule is COc1ccccc1CC(NN)c1ccc(Cl)c(F)c1. The van der Waals surface area contributed by atoms with E-state index in [1.165, 1.54) is 12.1 Å². The number of hydrogen-bond donors (Lipinski definition) is 2. The highest BCUT2D eigenvalue weighted by molar-refractivity contribution is 6.30. The Balaban J connectivity index is 2.26. The van der Waals surface area contributed by atoms with Gasteiger partial charge in [-0.25, -0.2) is 4.39 Å². The molecule has 2 rings (SSSR count). The lowest BCUT2D eigenvalue weighted by molar-refractivity contribution is 0.405. The van der Waals surface area contributed by atoms with Crippen molar-refractivity contribution in [2.45, 2.75) is 12.5 Å². The fourth-order valence-corrected chi connectivity index (χ4v) is 2.21. The monoisotopic (exact) mass is 294 g/mol. The van der Waals surface area contributed by atoms with Gasteiger partial charge in [-0.2, -0.15) is 0 Å². The predicted molar refractivity (Wildman–Crippen MR) is 78.2 cm³/mol. The van der Waals surface area contributed by atoms with Crippen LogP contribution in [-0.4, -0.2) is 7.11 Å². The molecule has 0 aromatic heterocycles. The number of hydrazine groups is 1.